The van der Waals surface area contributed by atoms with E-state index in [0.717, 1.165) is 21.5 Å². The Morgan fingerprint density at radius 2 is 2.07 bits per heavy atom. The van der Waals surface area contributed by atoms with Crippen LogP contribution in [0.25, 0.3) is 0 Å². The number of rotatable bonds is 3. The average Bonchev–Trinajstić information content (AvgIpc) is 2.15. The molecule has 0 amide bonds. The van der Waals surface area contributed by atoms with E-state index in [1.807, 2.05) is 18.2 Å². The van der Waals surface area contributed by atoms with Crippen molar-refractivity contribution in [2.24, 2.45) is 11.7 Å². The summed E-state index contributed by atoms with van der Waals surface area (Å²) < 4.78 is 0.989. The van der Waals surface area contributed by atoms with Crippen molar-refractivity contribution in [1.29, 1.82) is 0 Å². The first kappa shape index (κ1) is 15.2. The van der Waals surface area contributed by atoms with Gasteiger partial charge in [-0.1, -0.05) is 53.9 Å². The molecule has 4 heteroatoms. The van der Waals surface area contributed by atoms with Gasteiger partial charge in [-0.3, -0.25) is 0 Å². The van der Waals surface area contributed by atoms with E-state index in [1.165, 1.54) is 0 Å². The molecule has 1 aromatic carbocycles. The normalized spacial score (nSPS) is 14.2. The molecule has 1 rings (SSSR count). The Kier molecular flexibility index (Phi) is 6.85. The summed E-state index contributed by atoms with van der Waals surface area (Å²) >= 11 is 9.49. The standard InChI is InChI=1S/C11H15BrClN.ClH/c1-3-7(2)11(14)9-5-4-8(12)6-10(9)13;/h4-7,11H,3,14H2,1-2H3;1H/t7?,11-;/m0./s1. The van der Waals surface area contributed by atoms with E-state index < -0.39 is 0 Å². The molecule has 1 nitrogen and oxygen atoms in total. The highest BCUT2D eigenvalue weighted by molar-refractivity contribution is 9.10. The van der Waals surface area contributed by atoms with Crippen molar-refractivity contribution < 1.29 is 0 Å². The molecule has 0 fully saturated rings. The van der Waals surface area contributed by atoms with Gasteiger partial charge in [0.25, 0.3) is 0 Å². The predicted molar refractivity (Wildman–Crippen MR) is 72.8 cm³/mol. The summed E-state index contributed by atoms with van der Waals surface area (Å²) in [5.74, 6) is 0.452. The van der Waals surface area contributed by atoms with Crippen LogP contribution in [0.2, 0.25) is 5.02 Å². The molecule has 0 spiro atoms. The zero-order valence-corrected chi connectivity index (χ0v) is 12.0. The molecular formula is C11H16BrCl2N. The molecule has 1 aromatic rings. The molecule has 0 aromatic heterocycles. The predicted octanol–water partition coefficient (Wildman–Crippen LogP) is 4.57. The second kappa shape index (κ2) is 6.74. The second-order valence-corrected chi connectivity index (χ2v) is 4.90. The SMILES string of the molecule is CCC(C)[C@H](N)c1ccc(Br)cc1Cl.Cl. The number of nitrogens with two attached hydrogens (primary N) is 1. The quantitative estimate of drug-likeness (QED) is 0.869. The Balaban J connectivity index is 0.00000196. The molecule has 0 saturated carbocycles. The number of hydrogen-bond acceptors (Lipinski definition) is 1. The van der Waals surface area contributed by atoms with Gasteiger partial charge in [0.2, 0.25) is 0 Å². The number of benzene rings is 1. The molecule has 86 valence electrons. The highest BCUT2D eigenvalue weighted by Crippen LogP contribution is 2.30. The minimum atomic E-state index is 0. The lowest BCUT2D eigenvalue weighted by atomic mass is 9.93. The summed E-state index contributed by atoms with van der Waals surface area (Å²) in [6.45, 7) is 4.28. The largest absolute Gasteiger partial charge is 0.324 e. The lowest BCUT2D eigenvalue weighted by molar-refractivity contribution is 0.457. The van der Waals surface area contributed by atoms with E-state index in [1.54, 1.807) is 0 Å². The molecular weight excluding hydrogens is 297 g/mol. The molecule has 15 heavy (non-hydrogen) atoms. The second-order valence-electron chi connectivity index (χ2n) is 3.58. The molecule has 0 saturated heterocycles. The van der Waals surface area contributed by atoms with E-state index in [4.69, 9.17) is 17.3 Å². The van der Waals surface area contributed by atoms with Crippen molar-refractivity contribution in [3.63, 3.8) is 0 Å². The van der Waals surface area contributed by atoms with Crippen LogP contribution in [0.15, 0.2) is 22.7 Å². The van der Waals surface area contributed by atoms with Gasteiger partial charge in [-0.25, -0.2) is 0 Å². The maximum Gasteiger partial charge on any atom is 0.0465 e. The monoisotopic (exact) mass is 311 g/mol. The van der Waals surface area contributed by atoms with E-state index in [2.05, 4.69) is 29.8 Å². The minimum Gasteiger partial charge on any atom is -0.324 e. The van der Waals surface area contributed by atoms with Gasteiger partial charge in [0.05, 0.1) is 0 Å². The van der Waals surface area contributed by atoms with Crippen LogP contribution in [0, 0.1) is 5.92 Å². The van der Waals surface area contributed by atoms with E-state index in [-0.39, 0.29) is 18.4 Å². The fourth-order valence-corrected chi connectivity index (χ4v) is 2.13. The molecule has 0 aliphatic heterocycles. The van der Waals surface area contributed by atoms with Gasteiger partial charge in [-0.15, -0.1) is 12.4 Å². The van der Waals surface area contributed by atoms with Crippen LogP contribution in [0.4, 0.5) is 0 Å². The fraction of sp³-hybridized carbons (Fsp3) is 0.455. The summed E-state index contributed by atoms with van der Waals surface area (Å²) in [6, 6.07) is 5.88. The smallest absolute Gasteiger partial charge is 0.0465 e. The molecule has 0 aliphatic carbocycles. The Hall–Kier alpha value is 0.240. The average molecular weight is 313 g/mol. The number of hydrogen-bond donors (Lipinski definition) is 1. The van der Waals surface area contributed by atoms with Crippen molar-refractivity contribution in [2.75, 3.05) is 0 Å². The third-order valence-corrected chi connectivity index (χ3v) is 3.40. The molecule has 2 N–H and O–H groups in total. The molecule has 0 bridgehead atoms. The van der Waals surface area contributed by atoms with Gasteiger partial charge in [0.1, 0.15) is 0 Å². The number of halogens is 3. The van der Waals surface area contributed by atoms with Crippen molar-refractivity contribution in [1.82, 2.24) is 0 Å². The third-order valence-electron chi connectivity index (χ3n) is 2.58. The maximum atomic E-state index is 6.12. The van der Waals surface area contributed by atoms with E-state index in [0.29, 0.717) is 5.92 Å². The van der Waals surface area contributed by atoms with Crippen molar-refractivity contribution in [2.45, 2.75) is 26.3 Å². The van der Waals surface area contributed by atoms with Crippen LogP contribution < -0.4 is 5.73 Å². The lowest BCUT2D eigenvalue weighted by Gasteiger charge is -2.19. The van der Waals surface area contributed by atoms with Crippen molar-refractivity contribution >= 4 is 39.9 Å². The zero-order valence-electron chi connectivity index (χ0n) is 8.84. The first-order chi connectivity index (χ1) is 6.56. The van der Waals surface area contributed by atoms with Gasteiger partial charge in [-0.05, 0) is 23.6 Å². The highest BCUT2D eigenvalue weighted by atomic mass is 79.9. The van der Waals surface area contributed by atoms with Gasteiger partial charge in [0.15, 0.2) is 0 Å². The van der Waals surface area contributed by atoms with Gasteiger partial charge < -0.3 is 5.73 Å². The Morgan fingerprint density at radius 3 is 2.53 bits per heavy atom. The zero-order chi connectivity index (χ0) is 10.7. The highest BCUT2D eigenvalue weighted by Gasteiger charge is 2.15. The summed E-state index contributed by atoms with van der Waals surface area (Å²) in [4.78, 5) is 0. The Labute approximate surface area is 111 Å². The maximum absolute atomic E-state index is 6.12. The van der Waals surface area contributed by atoms with Crippen LogP contribution >= 0.6 is 39.9 Å². The van der Waals surface area contributed by atoms with E-state index in [9.17, 15) is 0 Å². The van der Waals surface area contributed by atoms with E-state index >= 15 is 0 Å². The molecule has 0 aliphatic rings. The van der Waals surface area contributed by atoms with Gasteiger partial charge in [0, 0.05) is 15.5 Å². The van der Waals surface area contributed by atoms with Crippen LogP contribution in [-0.2, 0) is 0 Å². The summed E-state index contributed by atoms with van der Waals surface area (Å²) in [6.07, 6.45) is 1.06. The Morgan fingerprint density at radius 1 is 1.47 bits per heavy atom. The molecule has 1 unspecified atom stereocenters. The van der Waals surface area contributed by atoms with Gasteiger partial charge in [-0.2, -0.15) is 0 Å². The van der Waals surface area contributed by atoms with Crippen LogP contribution in [0.1, 0.15) is 31.9 Å². The Bertz CT molecular complexity index is 317. The fourth-order valence-electron chi connectivity index (χ4n) is 1.33. The lowest BCUT2D eigenvalue weighted by Crippen LogP contribution is -2.18. The third kappa shape index (κ3) is 3.95. The van der Waals surface area contributed by atoms with Crippen LogP contribution in [0.3, 0.4) is 0 Å². The summed E-state index contributed by atoms with van der Waals surface area (Å²) in [7, 11) is 0. The van der Waals surface area contributed by atoms with Crippen molar-refractivity contribution in [3.8, 4) is 0 Å². The molecule has 2 atom stereocenters. The minimum absolute atomic E-state index is 0. The first-order valence-corrected chi connectivity index (χ1v) is 5.94. The first-order valence-electron chi connectivity index (χ1n) is 4.76. The topological polar surface area (TPSA) is 26.0 Å². The van der Waals surface area contributed by atoms with Crippen molar-refractivity contribution in [3.05, 3.63) is 33.3 Å². The summed E-state index contributed by atoms with van der Waals surface area (Å²) in [5.41, 5.74) is 7.13. The van der Waals surface area contributed by atoms with Gasteiger partial charge >= 0.3 is 0 Å². The molecule has 0 heterocycles. The summed E-state index contributed by atoms with van der Waals surface area (Å²) in [5, 5.41) is 0.743. The van der Waals surface area contributed by atoms with Crippen LogP contribution in [0.5, 0.6) is 0 Å². The van der Waals surface area contributed by atoms with Crippen LogP contribution in [-0.4, -0.2) is 0 Å². The molecule has 0 radical (unpaired) electrons.